The van der Waals surface area contributed by atoms with E-state index in [1.807, 2.05) is 18.2 Å². The zero-order valence-corrected chi connectivity index (χ0v) is 17.8. The number of fused-ring (bicyclic) bond motifs is 7. The summed E-state index contributed by atoms with van der Waals surface area (Å²) in [7, 11) is 2.10. The first kappa shape index (κ1) is 17.6. The molecule has 0 unspecified atom stereocenters. The summed E-state index contributed by atoms with van der Waals surface area (Å²) < 4.78 is 14.8. The normalized spacial score (nSPS) is 12.1. The highest BCUT2D eigenvalue weighted by Crippen LogP contribution is 2.40. The summed E-state index contributed by atoms with van der Waals surface area (Å²) in [6.07, 6.45) is 2.19. The molecule has 3 heterocycles. The van der Waals surface area contributed by atoms with Crippen molar-refractivity contribution in [3.05, 3.63) is 90.6 Å². The maximum atomic E-state index is 6.52. The van der Waals surface area contributed by atoms with Gasteiger partial charge < -0.3 is 8.83 Å². The van der Waals surface area contributed by atoms with Gasteiger partial charge in [-0.25, -0.2) is 4.57 Å². The average Bonchev–Trinajstić information content (AvgIpc) is 3.34. The Kier molecular flexibility index (Phi) is 3.41. The van der Waals surface area contributed by atoms with Crippen LogP contribution in [0.2, 0.25) is 0 Å². The standard InChI is InChI=1S/C29H20NO2/c1-17-11-12-21-23-14-22-20-9-5-6-10-25(20)31-26(22)15-27(23)32-29(21)28(17)24-13-18-7-3-4-8-19(18)16-30(24)2/h3-16H,1-2H3/q+1. The zero-order valence-electron chi connectivity index (χ0n) is 17.8. The molecular formula is C29H20NO2+. The van der Waals surface area contributed by atoms with Crippen molar-refractivity contribution >= 4 is 54.6 Å². The number of pyridine rings is 1. The van der Waals surface area contributed by atoms with Gasteiger partial charge in [0.2, 0.25) is 5.69 Å². The van der Waals surface area contributed by atoms with E-state index >= 15 is 0 Å². The molecule has 4 aromatic carbocycles. The van der Waals surface area contributed by atoms with Gasteiger partial charge in [0.25, 0.3) is 0 Å². The van der Waals surface area contributed by atoms with Gasteiger partial charge in [0.1, 0.15) is 29.4 Å². The Morgan fingerprint density at radius 1 is 0.625 bits per heavy atom. The van der Waals surface area contributed by atoms with Crippen LogP contribution >= 0.6 is 0 Å². The van der Waals surface area contributed by atoms with E-state index in [1.54, 1.807) is 0 Å². The van der Waals surface area contributed by atoms with Crippen LogP contribution in [0.3, 0.4) is 0 Å². The second-order valence-corrected chi connectivity index (χ2v) is 8.58. The summed E-state index contributed by atoms with van der Waals surface area (Å²) in [5, 5.41) is 6.93. The van der Waals surface area contributed by atoms with E-state index in [0.29, 0.717) is 0 Å². The lowest BCUT2D eigenvalue weighted by atomic mass is 9.99. The molecule has 0 radical (unpaired) electrons. The first-order valence-corrected chi connectivity index (χ1v) is 10.8. The summed E-state index contributed by atoms with van der Waals surface area (Å²) >= 11 is 0. The molecule has 0 spiro atoms. The Morgan fingerprint density at radius 3 is 2.28 bits per heavy atom. The van der Waals surface area contributed by atoms with Gasteiger partial charge in [-0.1, -0.05) is 48.5 Å². The van der Waals surface area contributed by atoms with Crippen LogP contribution in [0.15, 0.2) is 93.9 Å². The minimum atomic E-state index is 0.849. The van der Waals surface area contributed by atoms with Gasteiger partial charge in [-0.2, -0.15) is 0 Å². The van der Waals surface area contributed by atoms with E-state index in [1.165, 1.54) is 16.3 Å². The Morgan fingerprint density at radius 2 is 1.38 bits per heavy atom. The molecule has 3 nitrogen and oxygen atoms in total. The number of rotatable bonds is 1. The van der Waals surface area contributed by atoms with Crippen molar-refractivity contribution in [2.24, 2.45) is 7.05 Å². The minimum absolute atomic E-state index is 0.849. The number of furan rings is 2. The van der Waals surface area contributed by atoms with Gasteiger partial charge in [-0.3, -0.25) is 0 Å². The lowest BCUT2D eigenvalue weighted by Crippen LogP contribution is -2.30. The molecule has 0 N–H and O–H groups in total. The van der Waals surface area contributed by atoms with Gasteiger partial charge in [-0.15, -0.1) is 0 Å². The number of hydrogen-bond donors (Lipinski definition) is 0. The maximum absolute atomic E-state index is 6.52. The van der Waals surface area contributed by atoms with E-state index in [0.717, 1.165) is 55.1 Å². The van der Waals surface area contributed by atoms with Crippen molar-refractivity contribution in [2.45, 2.75) is 6.92 Å². The molecule has 0 fully saturated rings. The number of nitrogens with zero attached hydrogens (tertiary/aromatic N) is 1. The molecule has 32 heavy (non-hydrogen) atoms. The van der Waals surface area contributed by atoms with Crippen molar-refractivity contribution in [3.8, 4) is 11.3 Å². The molecule has 152 valence electrons. The van der Waals surface area contributed by atoms with E-state index in [2.05, 4.69) is 85.4 Å². The van der Waals surface area contributed by atoms with Crippen LogP contribution in [0.1, 0.15) is 5.56 Å². The van der Waals surface area contributed by atoms with Gasteiger partial charge in [0, 0.05) is 39.1 Å². The third kappa shape index (κ3) is 2.33. The summed E-state index contributed by atoms with van der Waals surface area (Å²) in [4.78, 5) is 0. The smallest absolute Gasteiger partial charge is 0.216 e. The second-order valence-electron chi connectivity index (χ2n) is 8.58. The van der Waals surface area contributed by atoms with Crippen LogP contribution in [-0.2, 0) is 7.05 Å². The summed E-state index contributed by atoms with van der Waals surface area (Å²) in [6.45, 7) is 2.15. The molecule has 0 saturated heterocycles. The minimum Gasteiger partial charge on any atom is -0.456 e. The van der Waals surface area contributed by atoms with Crippen molar-refractivity contribution in [2.75, 3.05) is 0 Å². The first-order chi connectivity index (χ1) is 15.7. The number of para-hydroxylation sites is 1. The summed E-state index contributed by atoms with van der Waals surface area (Å²) in [5.74, 6) is 0. The molecule has 3 aromatic heterocycles. The molecule has 3 heteroatoms. The van der Waals surface area contributed by atoms with Crippen LogP contribution in [0, 0.1) is 6.92 Å². The highest BCUT2D eigenvalue weighted by molar-refractivity contribution is 6.17. The summed E-state index contributed by atoms with van der Waals surface area (Å²) in [6, 6.07) is 27.5. The quantitative estimate of drug-likeness (QED) is 0.261. The van der Waals surface area contributed by atoms with Crippen molar-refractivity contribution in [1.29, 1.82) is 0 Å². The van der Waals surface area contributed by atoms with Crippen LogP contribution in [0.5, 0.6) is 0 Å². The summed E-state index contributed by atoms with van der Waals surface area (Å²) in [5.41, 5.74) is 6.99. The van der Waals surface area contributed by atoms with Crippen molar-refractivity contribution in [3.63, 3.8) is 0 Å². The average molecular weight is 414 g/mol. The number of benzene rings is 4. The van der Waals surface area contributed by atoms with Gasteiger partial charge in [-0.05, 0) is 36.1 Å². The predicted molar refractivity (Wildman–Crippen MR) is 130 cm³/mol. The Balaban J connectivity index is 1.58. The topological polar surface area (TPSA) is 30.2 Å². The van der Waals surface area contributed by atoms with Crippen LogP contribution in [-0.4, -0.2) is 0 Å². The van der Waals surface area contributed by atoms with Crippen LogP contribution in [0.4, 0.5) is 0 Å². The molecule has 0 amide bonds. The number of aryl methyl sites for hydroxylation is 2. The molecule has 0 bridgehead atoms. The zero-order chi connectivity index (χ0) is 21.4. The molecule has 0 saturated carbocycles. The fourth-order valence-electron chi connectivity index (χ4n) is 5.01. The van der Waals surface area contributed by atoms with E-state index < -0.39 is 0 Å². The lowest BCUT2D eigenvalue weighted by Gasteiger charge is -2.07. The maximum Gasteiger partial charge on any atom is 0.216 e. The van der Waals surface area contributed by atoms with Crippen molar-refractivity contribution < 1.29 is 13.4 Å². The molecule has 7 aromatic rings. The molecule has 0 aliphatic carbocycles. The van der Waals surface area contributed by atoms with Crippen LogP contribution < -0.4 is 4.57 Å². The lowest BCUT2D eigenvalue weighted by molar-refractivity contribution is -0.659. The molecule has 0 atom stereocenters. The SMILES string of the molecule is Cc1ccc2c(oc3cc4oc5ccccc5c4cc32)c1-c1cc2ccccc2c[n+]1C. The predicted octanol–water partition coefficient (Wildman–Crippen LogP) is 7.44. The third-order valence-electron chi connectivity index (χ3n) is 6.60. The molecule has 0 aliphatic heterocycles. The Hall–Kier alpha value is -4.11. The highest BCUT2D eigenvalue weighted by atomic mass is 16.3. The largest absolute Gasteiger partial charge is 0.456 e. The second kappa shape index (κ2) is 6.21. The van der Waals surface area contributed by atoms with E-state index in [9.17, 15) is 0 Å². The number of hydrogen-bond acceptors (Lipinski definition) is 2. The Labute approximate surface area is 184 Å². The van der Waals surface area contributed by atoms with Gasteiger partial charge in [0.05, 0.1) is 5.56 Å². The van der Waals surface area contributed by atoms with E-state index in [-0.39, 0.29) is 0 Å². The van der Waals surface area contributed by atoms with Gasteiger partial charge >= 0.3 is 0 Å². The van der Waals surface area contributed by atoms with Crippen LogP contribution in [0.25, 0.3) is 65.9 Å². The Bertz CT molecular complexity index is 1850. The molecular weight excluding hydrogens is 394 g/mol. The highest BCUT2D eigenvalue weighted by Gasteiger charge is 2.22. The first-order valence-electron chi connectivity index (χ1n) is 10.8. The monoisotopic (exact) mass is 414 g/mol. The van der Waals surface area contributed by atoms with Gasteiger partial charge in [0.15, 0.2) is 6.20 Å². The fourth-order valence-corrected chi connectivity index (χ4v) is 5.01. The third-order valence-corrected chi connectivity index (χ3v) is 6.60. The molecule has 7 rings (SSSR count). The van der Waals surface area contributed by atoms with E-state index in [4.69, 9.17) is 8.83 Å². The fraction of sp³-hybridized carbons (Fsp3) is 0.0690. The van der Waals surface area contributed by atoms with Crippen molar-refractivity contribution in [1.82, 2.24) is 0 Å². The molecule has 0 aliphatic rings. The number of aromatic nitrogens is 1.